The highest BCUT2D eigenvalue weighted by Crippen LogP contribution is 2.39. The predicted octanol–water partition coefficient (Wildman–Crippen LogP) is 1.54. The Labute approximate surface area is 179 Å². The molecule has 0 spiro atoms. The number of hydrogen-bond acceptors (Lipinski definition) is 7. The average Bonchev–Trinajstić information content (AvgIpc) is 3.35. The number of carbonyl (C=O) groups is 3. The third kappa shape index (κ3) is 3.37. The van der Waals surface area contributed by atoms with Crippen LogP contribution in [0.4, 0.5) is 4.79 Å². The third-order valence-corrected chi connectivity index (χ3v) is 7.04. The van der Waals surface area contributed by atoms with Crippen LogP contribution in [0.2, 0.25) is 0 Å². The summed E-state index contributed by atoms with van der Waals surface area (Å²) in [5, 5.41) is 1.10. The first kappa shape index (κ1) is 20.8. The standard InChI is InChI=1S/C20H26N4O5S/c1-4-8-22-18(26)17-13(7-9-30-17)24-19(22)21-23(20(24)27)11-14(25)12-5-6-15(28-2)16(10-12)29-3/h5-6,10,13,17,19,21H,4,7-9,11H2,1-3H3. The van der Waals surface area contributed by atoms with E-state index in [2.05, 4.69) is 5.43 Å². The van der Waals surface area contributed by atoms with Crippen molar-refractivity contribution in [3.63, 3.8) is 0 Å². The van der Waals surface area contributed by atoms with Crippen LogP contribution in [0.3, 0.4) is 0 Å². The lowest BCUT2D eigenvalue weighted by Gasteiger charge is -2.44. The molecule has 3 amide bonds. The van der Waals surface area contributed by atoms with Crippen molar-refractivity contribution in [2.75, 3.05) is 33.1 Å². The van der Waals surface area contributed by atoms with Crippen LogP contribution in [-0.4, -0.2) is 83.2 Å². The van der Waals surface area contributed by atoms with Gasteiger partial charge < -0.3 is 14.4 Å². The molecule has 0 aromatic heterocycles. The maximum atomic E-state index is 13.2. The van der Waals surface area contributed by atoms with Crippen LogP contribution in [0.5, 0.6) is 11.5 Å². The Kier molecular flexibility index (Phi) is 5.79. The topological polar surface area (TPSA) is 91.4 Å². The second kappa shape index (κ2) is 8.35. The maximum Gasteiger partial charge on any atom is 0.337 e. The summed E-state index contributed by atoms with van der Waals surface area (Å²) in [5.74, 6) is 1.66. The highest BCUT2D eigenvalue weighted by molar-refractivity contribution is 8.00. The molecule has 4 rings (SSSR count). The molecule has 3 unspecified atom stereocenters. The molecule has 30 heavy (non-hydrogen) atoms. The number of nitrogens with one attached hydrogen (secondary N) is 1. The van der Waals surface area contributed by atoms with Gasteiger partial charge in [0.15, 0.2) is 23.6 Å². The molecule has 10 heteroatoms. The van der Waals surface area contributed by atoms with Gasteiger partial charge in [-0.25, -0.2) is 9.80 Å². The zero-order valence-corrected chi connectivity index (χ0v) is 18.1. The Morgan fingerprint density at radius 2 is 2.00 bits per heavy atom. The molecule has 3 fully saturated rings. The van der Waals surface area contributed by atoms with E-state index in [0.29, 0.717) is 23.6 Å². The minimum absolute atomic E-state index is 0.0685. The second-order valence-electron chi connectivity index (χ2n) is 7.45. The van der Waals surface area contributed by atoms with Crippen LogP contribution in [0.25, 0.3) is 0 Å². The molecule has 1 N–H and O–H groups in total. The highest BCUT2D eigenvalue weighted by Gasteiger charge is 2.55. The van der Waals surface area contributed by atoms with Gasteiger partial charge in [-0.3, -0.25) is 14.5 Å². The van der Waals surface area contributed by atoms with Crippen molar-refractivity contribution >= 4 is 29.5 Å². The number of benzene rings is 1. The van der Waals surface area contributed by atoms with Gasteiger partial charge in [0.05, 0.1) is 20.3 Å². The van der Waals surface area contributed by atoms with Gasteiger partial charge in [0.2, 0.25) is 5.91 Å². The van der Waals surface area contributed by atoms with E-state index in [9.17, 15) is 14.4 Å². The molecule has 0 saturated carbocycles. The Morgan fingerprint density at radius 3 is 2.70 bits per heavy atom. The fraction of sp³-hybridized carbons (Fsp3) is 0.550. The van der Waals surface area contributed by atoms with E-state index in [1.807, 2.05) is 6.92 Å². The lowest BCUT2D eigenvalue weighted by atomic mass is 10.1. The summed E-state index contributed by atoms with van der Waals surface area (Å²) in [5.41, 5.74) is 3.52. The summed E-state index contributed by atoms with van der Waals surface area (Å²) in [6, 6.07) is 4.51. The van der Waals surface area contributed by atoms with Crippen LogP contribution in [0, 0.1) is 0 Å². The van der Waals surface area contributed by atoms with Gasteiger partial charge >= 0.3 is 6.03 Å². The summed E-state index contributed by atoms with van der Waals surface area (Å²) in [4.78, 5) is 42.5. The zero-order chi connectivity index (χ0) is 21.4. The quantitative estimate of drug-likeness (QED) is 0.651. The summed E-state index contributed by atoms with van der Waals surface area (Å²) >= 11 is 1.61. The highest BCUT2D eigenvalue weighted by atomic mass is 32.2. The molecule has 0 bridgehead atoms. The van der Waals surface area contributed by atoms with Crippen molar-refractivity contribution < 1.29 is 23.9 Å². The summed E-state index contributed by atoms with van der Waals surface area (Å²) in [6.07, 6.45) is 1.03. The van der Waals surface area contributed by atoms with Crippen molar-refractivity contribution in [1.29, 1.82) is 0 Å². The molecule has 1 aromatic rings. The fourth-order valence-electron chi connectivity index (χ4n) is 4.26. The molecule has 3 aliphatic heterocycles. The van der Waals surface area contributed by atoms with E-state index in [-0.39, 0.29) is 35.6 Å². The number of carbonyl (C=O) groups excluding carboxylic acids is 3. The molecule has 3 saturated heterocycles. The smallest absolute Gasteiger partial charge is 0.337 e. The number of ketones is 1. The Morgan fingerprint density at radius 1 is 1.23 bits per heavy atom. The molecule has 9 nitrogen and oxygen atoms in total. The zero-order valence-electron chi connectivity index (χ0n) is 17.3. The van der Waals surface area contributed by atoms with Gasteiger partial charge in [-0.05, 0) is 36.8 Å². The molecule has 3 atom stereocenters. The maximum absolute atomic E-state index is 13.2. The number of methoxy groups -OCH3 is 2. The van der Waals surface area contributed by atoms with Gasteiger partial charge in [0.25, 0.3) is 0 Å². The van der Waals surface area contributed by atoms with E-state index in [1.165, 1.54) is 19.2 Å². The summed E-state index contributed by atoms with van der Waals surface area (Å²) in [7, 11) is 3.03. The predicted molar refractivity (Wildman–Crippen MR) is 111 cm³/mol. The molecular formula is C20H26N4O5S. The molecular weight excluding hydrogens is 408 g/mol. The number of hydrogen-bond donors (Lipinski definition) is 1. The van der Waals surface area contributed by atoms with Crippen molar-refractivity contribution in [3.05, 3.63) is 23.8 Å². The first-order valence-corrected chi connectivity index (χ1v) is 11.1. The van der Waals surface area contributed by atoms with Crippen LogP contribution in [0.1, 0.15) is 30.1 Å². The van der Waals surface area contributed by atoms with Crippen molar-refractivity contribution in [2.24, 2.45) is 0 Å². The number of Topliss-reactive ketones (excluding diaryl/α,β-unsaturated/α-hetero) is 1. The van der Waals surface area contributed by atoms with Crippen LogP contribution >= 0.6 is 11.8 Å². The number of amides is 3. The Hall–Kier alpha value is -2.46. The van der Waals surface area contributed by atoms with E-state index in [1.54, 1.807) is 39.8 Å². The number of rotatable bonds is 7. The molecule has 0 aliphatic carbocycles. The molecule has 3 aliphatic rings. The Bertz CT molecular complexity index is 866. The number of fused-ring (bicyclic) bond motifs is 3. The first-order chi connectivity index (χ1) is 14.5. The SMILES string of the molecule is CCCN1C(=O)C2SCCC2N2C(=O)N(CC(=O)c3ccc(OC)c(OC)c3)NC12. The largest absolute Gasteiger partial charge is 0.493 e. The van der Waals surface area contributed by atoms with Crippen molar-refractivity contribution in [1.82, 2.24) is 20.2 Å². The van der Waals surface area contributed by atoms with Crippen molar-refractivity contribution in [3.8, 4) is 11.5 Å². The number of hydrazine groups is 1. The van der Waals surface area contributed by atoms with Crippen LogP contribution in [0.15, 0.2) is 18.2 Å². The second-order valence-corrected chi connectivity index (χ2v) is 8.70. The van der Waals surface area contributed by atoms with Crippen molar-refractivity contribution in [2.45, 2.75) is 37.3 Å². The van der Waals surface area contributed by atoms with Gasteiger partial charge in [0, 0.05) is 12.1 Å². The third-order valence-electron chi connectivity index (χ3n) is 5.70. The first-order valence-electron chi connectivity index (χ1n) is 10.0. The molecule has 162 valence electrons. The molecule has 1 aromatic carbocycles. The normalized spacial score (nSPS) is 25.4. The lowest BCUT2D eigenvalue weighted by Crippen LogP contribution is -2.66. The lowest BCUT2D eigenvalue weighted by molar-refractivity contribution is -0.144. The number of urea groups is 1. The monoisotopic (exact) mass is 434 g/mol. The number of nitrogens with zero attached hydrogens (tertiary/aromatic N) is 3. The minimum Gasteiger partial charge on any atom is -0.493 e. The van der Waals surface area contributed by atoms with E-state index in [0.717, 1.165) is 18.6 Å². The number of thioether (sulfide) groups is 1. The van der Waals surface area contributed by atoms with E-state index < -0.39 is 6.29 Å². The fourth-order valence-corrected chi connectivity index (χ4v) is 5.66. The summed E-state index contributed by atoms with van der Waals surface area (Å²) < 4.78 is 10.5. The minimum atomic E-state index is -0.539. The van der Waals surface area contributed by atoms with Gasteiger partial charge in [0.1, 0.15) is 11.8 Å². The van der Waals surface area contributed by atoms with Gasteiger partial charge in [-0.1, -0.05) is 6.92 Å². The van der Waals surface area contributed by atoms with E-state index in [4.69, 9.17) is 9.47 Å². The van der Waals surface area contributed by atoms with Gasteiger partial charge in [-0.15, -0.1) is 11.8 Å². The van der Waals surface area contributed by atoms with Crippen LogP contribution < -0.4 is 14.9 Å². The van der Waals surface area contributed by atoms with Crippen LogP contribution in [-0.2, 0) is 4.79 Å². The average molecular weight is 435 g/mol. The molecule has 3 heterocycles. The van der Waals surface area contributed by atoms with Gasteiger partial charge in [-0.2, -0.15) is 5.43 Å². The number of ether oxygens (including phenoxy) is 2. The molecule has 0 radical (unpaired) electrons. The Balaban J connectivity index is 1.54. The summed E-state index contributed by atoms with van der Waals surface area (Å²) in [6.45, 7) is 2.42. The van der Waals surface area contributed by atoms with E-state index >= 15 is 0 Å².